The van der Waals surface area contributed by atoms with E-state index in [-0.39, 0.29) is 28.2 Å². The number of ether oxygens (including phenoxy) is 2. The van der Waals surface area contributed by atoms with Crippen LogP contribution in [0.2, 0.25) is 0 Å². The van der Waals surface area contributed by atoms with Crippen molar-refractivity contribution in [2.45, 2.75) is 77.6 Å². The maximum atomic E-state index is 13.0. The molecule has 226 valence electrons. The molecule has 0 bridgehead atoms. The summed E-state index contributed by atoms with van der Waals surface area (Å²) in [5, 5.41) is 23.5. The number of phenolic OH excluding ortho intramolecular Hbond substituents is 1. The van der Waals surface area contributed by atoms with Crippen LogP contribution in [-0.4, -0.2) is 48.1 Å². The number of rotatable bonds is 20. The maximum absolute atomic E-state index is 13.0. The van der Waals surface area contributed by atoms with Crippen molar-refractivity contribution >= 4 is 28.9 Å². The molecular formula is C34H43NO7. The fraction of sp³-hybridized carbons (Fsp3) is 0.441. The molecule has 0 atom stereocenters. The van der Waals surface area contributed by atoms with E-state index in [2.05, 4.69) is 12.2 Å². The van der Waals surface area contributed by atoms with Crippen molar-refractivity contribution < 1.29 is 34.1 Å². The number of hydrogen-bond acceptors (Lipinski definition) is 6. The lowest BCUT2D eigenvalue weighted by molar-refractivity contribution is 0.0696. The Kier molecular flexibility index (Phi) is 13.8. The Morgan fingerprint density at radius 1 is 0.857 bits per heavy atom. The topological polar surface area (TPSA) is 122 Å². The van der Waals surface area contributed by atoms with Gasteiger partial charge in [0.05, 0.1) is 11.1 Å². The van der Waals surface area contributed by atoms with Gasteiger partial charge in [-0.15, -0.1) is 0 Å². The summed E-state index contributed by atoms with van der Waals surface area (Å²) in [6, 6.07) is 12.0. The van der Waals surface area contributed by atoms with Crippen LogP contribution in [0.3, 0.4) is 0 Å². The Morgan fingerprint density at radius 3 is 2.14 bits per heavy atom. The van der Waals surface area contributed by atoms with Crippen LogP contribution in [0.5, 0.6) is 17.2 Å². The molecule has 0 aliphatic carbocycles. The Morgan fingerprint density at radius 2 is 1.50 bits per heavy atom. The van der Waals surface area contributed by atoms with Crippen LogP contribution in [0, 0.1) is 0 Å². The molecule has 3 aromatic carbocycles. The number of aldehydes is 1. The molecule has 0 aliphatic heterocycles. The summed E-state index contributed by atoms with van der Waals surface area (Å²) >= 11 is 0. The van der Waals surface area contributed by atoms with Gasteiger partial charge in [-0.1, -0.05) is 82.9 Å². The van der Waals surface area contributed by atoms with Gasteiger partial charge in [0, 0.05) is 36.1 Å². The molecule has 8 heteroatoms. The highest BCUT2D eigenvalue weighted by Gasteiger charge is 2.20. The number of fused-ring (bicyclic) bond motifs is 1. The lowest BCUT2D eigenvalue weighted by Gasteiger charge is -2.15. The third-order valence-electron chi connectivity index (χ3n) is 7.22. The van der Waals surface area contributed by atoms with Crippen LogP contribution in [0.15, 0.2) is 48.5 Å². The molecule has 0 saturated carbocycles. The van der Waals surface area contributed by atoms with Crippen molar-refractivity contribution in [1.82, 2.24) is 5.32 Å². The standard InChI is InChI=1S/C34H43NO7/c1-2-3-4-5-6-7-8-9-10-11-21-41-22-13-20-35-33(38)29-23-30(42-27-18-16-25(17-19-27)34(39)40)31-26(24-36)14-12-15-28(31)32(29)37/h12,14-19,23-24,37H,2-11,13,20-22H2,1H3,(H,35,38)(H,39,40). The van der Waals surface area contributed by atoms with E-state index in [9.17, 15) is 19.5 Å². The fourth-order valence-corrected chi connectivity index (χ4v) is 4.87. The van der Waals surface area contributed by atoms with Crippen molar-refractivity contribution in [1.29, 1.82) is 0 Å². The molecule has 0 radical (unpaired) electrons. The molecule has 42 heavy (non-hydrogen) atoms. The zero-order valence-electron chi connectivity index (χ0n) is 24.5. The van der Waals surface area contributed by atoms with Crippen molar-refractivity contribution in [3.8, 4) is 17.2 Å². The minimum absolute atomic E-state index is 0.00832. The second-order valence-electron chi connectivity index (χ2n) is 10.5. The Hall–Kier alpha value is -3.91. The Bertz CT molecular complexity index is 1300. The predicted molar refractivity (Wildman–Crippen MR) is 164 cm³/mol. The van der Waals surface area contributed by atoms with Crippen LogP contribution >= 0.6 is 0 Å². The van der Waals surface area contributed by atoms with Crippen molar-refractivity contribution in [3.05, 3.63) is 65.2 Å². The minimum atomic E-state index is -1.07. The first-order valence-electron chi connectivity index (χ1n) is 15.1. The first-order valence-corrected chi connectivity index (χ1v) is 15.1. The summed E-state index contributed by atoms with van der Waals surface area (Å²) in [5.74, 6) is -1.29. The Balaban J connectivity index is 1.50. The van der Waals surface area contributed by atoms with Crippen molar-refractivity contribution in [2.75, 3.05) is 19.8 Å². The number of hydrogen-bond donors (Lipinski definition) is 3. The first-order chi connectivity index (χ1) is 20.5. The van der Waals surface area contributed by atoms with Gasteiger partial charge in [0.1, 0.15) is 17.2 Å². The van der Waals surface area contributed by atoms with Gasteiger partial charge in [0.15, 0.2) is 6.29 Å². The largest absolute Gasteiger partial charge is 0.506 e. The van der Waals surface area contributed by atoms with Crippen LogP contribution in [0.25, 0.3) is 10.8 Å². The highest BCUT2D eigenvalue weighted by molar-refractivity contribution is 6.10. The predicted octanol–water partition coefficient (Wildman–Crippen LogP) is 7.91. The highest BCUT2D eigenvalue weighted by atomic mass is 16.5. The van der Waals surface area contributed by atoms with Gasteiger partial charge in [-0.25, -0.2) is 4.79 Å². The highest BCUT2D eigenvalue weighted by Crippen LogP contribution is 2.39. The monoisotopic (exact) mass is 577 g/mol. The molecular weight excluding hydrogens is 534 g/mol. The number of nitrogens with one attached hydrogen (secondary N) is 1. The molecule has 0 spiro atoms. The fourth-order valence-electron chi connectivity index (χ4n) is 4.87. The molecule has 1 amide bonds. The second kappa shape index (κ2) is 17.8. The summed E-state index contributed by atoms with van der Waals surface area (Å²) in [6.45, 7) is 3.85. The van der Waals surface area contributed by atoms with Crippen molar-refractivity contribution in [3.63, 3.8) is 0 Å². The molecule has 3 N–H and O–H groups in total. The molecule has 3 aromatic rings. The third kappa shape index (κ3) is 9.87. The van der Waals surface area contributed by atoms with E-state index < -0.39 is 11.9 Å². The van der Waals surface area contributed by atoms with E-state index in [1.54, 1.807) is 18.2 Å². The number of benzene rings is 3. The zero-order chi connectivity index (χ0) is 30.2. The van der Waals surface area contributed by atoms with E-state index in [4.69, 9.17) is 14.6 Å². The average Bonchev–Trinajstić information content (AvgIpc) is 3.00. The molecule has 0 saturated heterocycles. The molecule has 0 unspecified atom stereocenters. The van der Waals surface area contributed by atoms with E-state index in [0.717, 1.165) is 6.42 Å². The molecule has 3 rings (SSSR count). The maximum Gasteiger partial charge on any atom is 0.335 e. The number of amides is 1. The van der Waals surface area contributed by atoms with Gasteiger partial charge < -0.3 is 25.0 Å². The summed E-state index contributed by atoms with van der Waals surface area (Å²) in [5.41, 5.74) is 0.388. The van der Waals surface area contributed by atoms with Gasteiger partial charge >= 0.3 is 5.97 Å². The number of aromatic hydroxyl groups is 1. The average molecular weight is 578 g/mol. The summed E-state index contributed by atoms with van der Waals surface area (Å²) in [6.07, 6.45) is 14.0. The number of unbranched alkanes of at least 4 members (excludes halogenated alkanes) is 9. The molecule has 0 aromatic heterocycles. The quantitative estimate of drug-likeness (QED) is 0.0921. The zero-order valence-corrected chi connectivity index (χ0v) is 24.5. The third-order valence-corrected chi connectivity index (χ3v) is 7.22. The SMILES string of the molecule is CCCCCCCCCCCCOCCCNC(=O)c1cc(Oc2ccc(C(=O)O)cc2)c2c(C=O)cccc2c1O. The molecule has 8 nitrogen and oxygen atoms in total. The first kappa shape index (κ1) is 32.6. The number of carboxylic acid groups (broad SMARTS) is 1. The van der Waals surface area contributed by atoms with Gasteiger partial charge in [0.25, 0.3) is 5.91 Å². The van der Waals surface area contributed by atoms with Crippen LogP contribution < -0.4 is 10.1 Å². The minimum Gasteiger partial charge on any atom is -0.506 e. The molecule has 0 heterocycles. The molecule has 0 aliphatic rings. The molecule has 0 fully saturated rings. The van der Waals surface area contributed by atoms with E-state index in [1.165, 1.54) is 88.1 Å². The van der Waals surface area contributed by atoms with E-state index >= 15 is 0 Å². The van der Waals surface area contributed by atoms with Crippen molar-refractivity contribution in [2.24, 2.45) is 0 Å². The van der Waals surface area contributed by atoms with Crippen LogP contribution in [0.1, 0.15) is 109 Å². The summed E-state index contributed by atoms with van der Waals surface area (Å²) in [4.78, 5) is 35.9. The van der Waals surface area contributed by atoms with Crippen LogP contribution in [0.4, 0.5) is 0 Å². The lowest BCUT2D eigenvalue weighted by Crippen LogP contribution is -2.25. The van der Waals surface area contributed by atoms with E-state index in [0.29, 0.717) is 49.0 Å². The number of carboxylic acids is 1. The van der Waals surface area contributed by atoms with Gasteiger partial charge in [-0.3, -0.25) is 9.59 Å². The second-order valence-corrected chi connectivity index (χ2v) is 10.5. The van der Waals surface area contributed by atoms with E-state index in [1.807, 2.05) is 0 Å². The number of aromatic carboxylic acids is 1. The van der Waals surface area contributed by atoms with Gasteiger partial charge in [0.2, 0.25) is 0 Å². The number of phenols is 1. The van der Waals surface area contributed by atoms with Gasteiger partial charge in [-0.05, 0) is 43.2 Å². The normalized spacial score (nSPS) is 11.0. The Labute approximate surface area is 248 Å². The summed E-state index contributed by atoms with van der Waals surface area (Å²) in [7, 11) is 0. The number of carbonyl (C=O) groups excluding carboxylic acids is 2. The van der Waals surface area contributed by atoms with Gasteiger partial charge in [-0.2, -0.15) is 0 Å². The summed E-state index contributed by atoms with van der Waals surface area (Å²) < 4.78 is 11.7. The van der Waals surface area contributed by atoms with Crippen LogP contribution in [-0.2, 0) is 4.74 Å². The smallest absolute Gasteiger partial charge is 0.335 e. The number of carbonyl (C=O) groups is 3. The lowest BCUT2D eigenvalue weighted by atomic mass is 9.99.